The largest absolute Gasteiger partial charge is 0.0836 e. The molecule has 2 fully saturated rings. The Morgan fingerprint density at radius 2 is 1.43 bits per heavy atom. The van der Waals surface area contributed by atoms with Gasteiger partial charge in [0, 0.05) is 0 Å². The monoisotopic (exact) mass is 324 g/mol. The second-order valence-corrected chi connectivity index (χ2v) is 10.2. The lowest BCUT2D eigenvalue weighted by molar-refractivity contribution is 0.835. The molecular formula is C22H29P. The van der Waals surface area contributed by atoms with Crippen LogP contribution in [0.5, 0.6) is 0 Å². The zero-order valence-corrected chi connectivity index (χ0v) is 15.1. The highest BCUT2D eigenvalue weighted by Crippen LogP contribution is 2.57. The van der Waals surface area contributed by atoms with E-state index < -0.39 is 0 Å². The van der Waals surface area contributed by atoms with E-state index in [0.29, 0.717) is 0 Å². The normalized spacial score (nSPS) is 22.9. The Kier molecular flexibility index (Phi) is 5.00. The van der Waals surface area contributed by atoms with Crippen molar-refractivity contribution in [2.45, 2.75) is 75.5 Å². The van der Waals surface area contributed by atoms with E-state index in [9.17, 15) is 0 Å². The third kappa shape index (κ3) is 3.34. The topological polar surface area (TPSA) is 0 Å². The highest BCUT2D eigenvalue weighted by molar-refractivity contribution is 7.67. The van der Waals surface area contributed by atoms with Gasteiger partial charge >= 0.3 is 0 Å². The fraction of sp³-hybridized carbons (Fsp3) is 0.545. The van der Waals surface area contributed by atoms with Crippen LogP contribution < -0.4 is 5.30 Å². The standard InChI is InChI=1S/C22H29P/c1-2-10-18(11-3-1)21-16-8-9-17-22(21)23(19-12-4-5-13-19)20-14-6-7-15-20/h2,8-11,16-17,19-20H,1,3-7,12-15H2. The summed E-state index contributed by atoms with van der Waals surface area (Å²) in [6.07, 6.45) is 21.5. The molecule has 0 heterocycles. The van der Waals surface area contributed by atoms with Gasteiger partial charge in [-0.05, 0) is 66.3 Å². The smallest absolute Gasteiger partial charge is 0.0110 e. The number of hydrogen-bond acceptors (Lipinski definition) is 0. The Bertz CT molecular complexity index is 570. The van der Waals surface area contributed by atoms with Gasteiger partial charge in [0.1, 0.15) is 0 Å². The van der Waals surface area contributed by atoms with Gasteiger partial charge in [0.25, 0.3) is 0 Å². The molecule has 0 aromatic heterocycles. The van der Waals surface area contributed by atoms with Gasteiger partial charge in [0.2, 0.25) is 0 Å². The van der Waals surface area contributed by atoms with Crippen LogP contribution >= 0.6 is 7.92 Å². The van der Waals surface area contributed by atoms with E-state index in [-0.39, 0.29) is 7.92 Å². The molecule has 0 spiro atoms. The lowest BCUT2D eigenvalue weighted by atomic mass is 10.00. The number of allylic oxidation sites excluding steroid dienone is 4. The Hall–Kier alpha value is -0.870. The summed E-state index contributed by atoms with van der Waals surface area (Å²) in [6, 6.07) is 9.43. The quantitative estimate of drug-likeness (QED) is 0.561. The second kappa shape index (κ2) is 7.35. The highest BCUT2D eigenvalue weighted by Gasteiger charge is 2.35. The average Bonchev–Trinajstić information content (AvgIpc) is 3.31. The molecule has 1 aromatic rings. The third-order valence-electron chi connectivity index (χ3n) is 5.92. The first-order valence-electron chi connectivity index (χ1n) is 9.68. The fourth-order valence-electron chi connectivity index (χ4n) is 4.81. The Morgan fingerprint density at radius 1 is 0.783 bits per heavy atom. The molecule has 23 heavy (non-hydrogen) atoms. The molecule has 3 aliphatic rings. The fourth-order valence-corrected chi connectivity index (χ4v) is 8.78. The van der Waals surface area contributed by atoms with Crippen LogP contribution in [0.3, 0.4) is 0 Å². The summed E-state index contributed by atoms with van der Waals surface area (Å²) < 4.78 is 0. The van der Waals surface area contributed by atoms with Crippen LogP contribution in [0, 0.1) is 0 Å². The molecule has 4 rings (SSSR count). The van der Waals surface area contributed by atoms with Crippen LogP contribution in [0.4, 0.5) is 0 Å². The SMILES string of the molecule is C1=CC(c2ccccc2P(C2CCCC2)C2CCCC2)=CCC1. The molecule has 2 saturated carbocycles. The highest BCUT2D eigenvalue weighted by atomic mass is 31.1. The number of benzene rings is 1. The Morgan fingerprint density at radius 3 is 2.04 bits per heavy atom. The minimum absolute atomic E-state index is 0.0217. The molecule has 122 valence electrons. The van der Waals surface area contributed by atoms with Gasteiger partial charge < -0.3 is 0 Å². The van der Waals surface area contributed by atoms with Crippen molar-refractivity contribution >= 4 is 18.8 Å². The maximum absolute atomic E-state index is 2.49. The Labute approximate surface area is 142 Å². The van der Waals surface area contributed by atoms with Crippen LogP contribution in [-0.4, -0.2) is 11.3 Å². The van der Waals surface area contributed by atoms with Crippen molar-refractivity contribution in [1.29, 1.82) is 0 Å². The van der Waals surface area contributed by atoms with Crippen molar-refractivity contribution in [3.63, 3.8) is 0 Å². The second-order valence-electron chi connectivity index (χ2n) is 7.44. The molecule has 0 N–H and O–H groups in total. The Balaban J connectivity index is 1.73. The molecule has 0 aliphatic heterocycles. The van der Waals surface area contributed by atoms with E-state index in [1.54, 1.807) is 10.9 Å². The van der Waals surface area contributed by atoms with Gasteiger partial charge in [-0.1, -0.05) is 76.1 Å². The van der Waals surface area contributed by atoms with Gasteiger partial charge in [-0.2, -0.15) is 0 Å². The van der Waals surface area contributed by atoms with Crippen LogP contribution in [0.15, 0.2) is 42.5 Å². The summed E-state index contributed by atoms with van der Waals surface area (Å²) in [6.45, 7) is 0. The molecule has 0 nitrogen and oxygen atoms in total. The van der Waals surface area contributed by atoms with Crippen molar-refractivity contribution in [1.82, 2.24) is 0 Å². The van der Waals surface area contributed by atoms with E-state index >= 15 is 0 Å². The number of rotatable bonds is 4. The molecule has 1 heteroatoms. The van der Waals surface area contributed by atoms with Gasteiger partial charge in [0.05, 0.1) is 0 Å². The van der Waals surface area contributed by atoms with Gasteiger partial charge in [-0.15, -0.1) is 0 Å². The summed E-state index contributed by atoms with van der Waals surface area (Å²) in [4.78, 5) is 0. The van der Waals surface area contributed by atoms with Crippen LogP contribution in [0.25, 0.3) is 5.57 Å². The average molecular weight is 324 g/mol. The van der Waals surface area contributed by atoms with Crippen LogP contribution in [0.1, 0.15) is 69.8 Å². The summed E-state index contributed by atoms with van der Waals surface area (Å²) in [5, 5.41) is 1.74. The van der Waals surface area contributed by atoms with E-state index in [1.165, 1.54) is 69.8 Å². The van der Waals surface area contributed by atoms with Crippen molar-refractivity contribution in [2.24, 2.45) is 0 Å². The van der Waals surface area contributed by atoms with Crippen LogP contribution in [-0.2, 0) is 0 Å². The minimum Gasteiger partial charge on any atom is -0.0836 e. The van der Waals surface area contributed by atoms with E-state index in [2.05, 4.69) is 42.5 Å². The maximum atomic E-state index is 2.49. The molecule has 0 bridgehead atoms. The lowest BCUT2D eigenvalue weighted by Crippen LogP contribution is -2.22. The zero-order valence-electron chi connectivity index (χ0n) is 14.2. The summed E-state index contributed by atoms with van der Waals surface area (Å²) >= 11 is 0. The summed E-state index contributed by atoms with van der Waals surface area (Å²) in [5.74, 6) is 0. The summed E-state index contributed by atoms with van der Waals surface area (Å²) in [7, 11) is 0.0217. The van der Waals surface area contributed by atoms with E-state index in [0.717, 1.165) is 11.3 Å². The molecular weight excluding hydrogens is 295 g/mol. The predicted molar refractivity (Wildman–Crippen MR) is 104 cm³/mol. The van der Waals surface area contributed by atoms with E-state index in [1.807, 2.05) is 0 Å². The number of hydrogen-bond donors (Lipinski definition) is 0. The molecule has 0 saturated heterocycles. The molecule has 3 aliphatic carbocycles. The first kappa shape index (κ1) is 15.6. The lowest BCUT2D eigenvalue weighted by Gasteiger charge is -2.32. The predicted octanol–water partition coefficient (Wildman–Crippen LogP) is 6.41. The zero-order chi connectivity index (χ0) is 15.5. The van der Waals surface area contributed by atoms with Crippen molar-refractivity contribution < 1.29 is 0 Å². The maximum Gasteiger partial charge on any atom is -0.0110 e. The molecule has 0 atom stereocenters. The van der Waals surface area contributed by atoms with Gasteiger partial charge in [-0.25, -0.2) is 0 Å². The first-order chi connectivity index (χ1) is 11.4. The van der Waals surface area contributed by atoms with Crippen molar-refractivity contribution in [2.75, 3.05) is 0 Å². The molecule has 1 aromatic carbocycles. The first-order valence-corrected chi connectivity index (χ1v) is 11.2. The molecule has 0 unspecified atom stereocenters. The molecule has 0 amide bonds. The van der Waals surface area contributed by atoms with Crippen molar-refractivity contribution in [3.05, 3.63) is 48.1 Å². The summed E-state index contributed by atoms with van der Waals surface area (Å²) in [5.41, 5.74) is 5.06. The molecule has 0 radical (unpaired) electrons. The van der Waals surface area contributed by atoms with Gasteiger partial charge in [-0.3, -0.25) is 0 Å². The van der Waals surface area contributed by atoms with Gasteiger partial charge in [0.15, 0.2) is 0 Å². The third-order valence-corrected chi connectivity index (χ3v) is 9.48. The van der Waals surface area contributed by atoms with E-state index in [4.69, 9.17) is 0 Å². The van der Waals surface area contributed by atoms with Crippen molar-refractivity contribution in [3.8, 4) is 0 Å². The van der Waals surface area contributed by atoms with Crippen LogP contribution in [0.2, 0.25) is 0 Å². The minimum atomic E-state index is 0.0217.